The minimum Gasteiger partial charge on any atom is -0.457 e. The number of rotatable bonds is 4. The van der Waals surface area contributed by atoms with Crippen LogP contribution in [0.5, 0.6) is 11.5 Å². The first-order valence-electron chi connectivity index (χ1n) is 9.36. The molecule has 0 bridgehead atoms. The van der Waals surface area contributed by atoms with E-state index in [1.807, 2.05) is 60.5 Å². The van der Waals surface area contributed by atoms with Gasteiger partial charge in [-0.1, -0.05) is 29.8 Å². The number of benzene rings is 3. The second-order valence-electron chi connectivity index (χ2n) is 6.78. The summed E-state index contributed by atoms with van der Waals surface area (Å²) in [5.41, 5.74) is 3.51. The molecule has 0 N–H and O–H groups in total. The first-order chi connectivity index (χ1) is 14.1. The smallest absolute Gasteiger partial charge is 0.134 e. The van der Waals surface area contributed by atoms with Crippen molar-refractivity contribution in [2.45, 2.75) is 0 Å². The van der Waals surface area contributed by atoms with Crippen molar-refractivity contribution in [3.8, 4) is 11.5 Å². The fourth-order valence-corrected chi connectivity index (χ4v) is 3.34. The zero-order chi connectivity index (χ0) is 20.2. The van der Waals surface area contributed by atoms with E-state index >= 15 is 0 Å². The summed E-state index contributed by atoms with van der Waals surface area (Å²) < 4.78 is 19.8. The maximum Gasteiger partial charge on any atom is 0.134 e. The molecule has 3 nitrogen and oxygen atoms in total. The molecule has 1 aliphatic heterocycles. The summed E-state index contributed by atoms with van der Waals surface area (Å²) in [5.74, 6) is 1.20. The third-order valence-electron chi connectivity index (χ3n) is 4.75. The van der Waals surface area contributed by atoms with E-state index < -0.39 is 0 Å². The largest absolute Gasteiger partial charge is 0.457 e. The van der Waals surface area contributed by atoms with Crippen LogP contribution >= 0.6 is 11.6 Å². The number of hydrogen-bond acceptors (Lipinski definition) is 3. The third kappa shape index (κ3) is 4.49. The lowest BCUT2D eigenvalue weighted by Gasteiger charge is -2.18. The number of benzodiazepines with no additional fused rings is 1. The van der Waals surface area contributed by atoms with E-state index in [4.69, 9.17) is 21.3 Å². The summed E-state index contributed by atoms with van der Waals surface area (Å²) in [6.45, 7) is 1.39. The van der Waals surface area contributed by atoms with Crippen LogP contribution < -0.4 is 9.64 Å². The lowest BCUT2D eigenvalue weighted by atomic mass is 10.0. The topological polar surface area (TPSA) is 24.8 Å². The lowest BCUT2D eigenvalue weighted by Crippen LogP contribution is -2.20. The minimum absolute atomic E-state index is 0.248. The van der Waals surface area contributed by atoms with Crippen LogP contribution in [0.1, 0.15) is 11.1 Å². The zero-order valence-corrected chi connectivity index (χ0v) is 16.7. The first kappa shape index (κ1) is 19.2. The highest BCUT2D eigenvalue weighted by molar-refractivity contribution is 6.30. The molecular weight excluding hydrogens is 387 g/mol. The van der Waals surface area contributed by atoms with E-state index in [2.05, 4.69) is 0 Å². The van der Waals surface area contributed by atoms with Crippen LogP contribution in [0, 0.1) is 5.82 Å². The van der Waals surface area contributed by atoms with Crippen LogP contribution in [0.4, 0.5) is 10.1 Å². The van der Waals surface area contributed by atoms with Crippen molar-refractivity contribution in [1.82, 2.24) is 0 Å². The molecule has 146 valence electrons. The number of allylic oxidation sites excluding steroid dienone is 1. The van der Waals surface area contributed by atoms with Crippen molar-refractivity contribution in [1.29, 1.82) is 0 Å². The lowest BCUT2D eigenvalue weighted by molar-refractivity contribution is 0.481. The van der Waals surface area contributed by atoms with E-state index in [1.54, 1.807) is 24.3 Å². The molecule has 29 heavy (non-hydrogen) atoms. The Morgan fingerprint density at radius 2 is 1.83 bits per heavy atom. The quantitative estimate of drug-likeness (QED) is 0.513. The first-order valence-corrected chi connectivity index (χ1v) is 9.74. The van der Waals surface area contributed by atoms with Gasteiger partial charge >= 0.3 is 0 Å². The molecule has 3 aromatic rings. The number of fused-ring (bicyclic) bond motifs is 1. The Hall–Kier alpha value is -3.11. The Labute approximate surface area is 174 Å². The highest BCUT2D eigenvalue weighted by Gasteiger charge is 2.15. The Morgan fingerprint density at radius 3 is 2.66 bits per heavy atom. The minimum atomic E-state index is -0.248. The second kappa shape index (κ2) is 8.50. The van der Waals surface area contributed by atoms with Crippen molar-refractivity contribution in [3.63, 3.8) is 0 Å². The van der Waals surface area contributed by atoms with Gasteiger partial charge in [0.15, 0.2) is 0 Å². The van der Waals surface area contributed by atoms with Gasteiger partial charge in [0.1, 0.15) is 17.3 Å². The van der Waals surface area contributed by atoms with Gasteiger partial charge in [-0.05, 0) is 60.7 Å². The Morgan fingerprint density at radius 1 is 1.03 bits per heavy atom. The predicted octanol–water partition coefficient (Wildman–Crippen LogP) is 6.22. The summed E-state index contributed by atoms with van der Waals surface area (Å²) in [5, 5.41) is 0.664. The van der Waals surface area contributed by atoms with Crippen LogP contribution in [-0.4, -0.2) is 25.8 Å². The molecule has 0 atom stereocenters. The van der Waals surface area contributed by atoms with Crippen molar-refractivity contribution in [2.75, 3.05) is 25.0 Å². The predicted molar refractivity (Wildman–Crippen MR) is 118 cm³/mol. The molecule has 0 saturated heterocycles. The van der Waals surface area contributed by atoms with Crippen molar-refractivity contribution in [2.24, 2.45) is 4.99 Å². The SMILES string of the molecule is CN1CCN=C(/C=C/c2ccccc2Oc2ccc(Cl)cc2)c2ccc(F)cc21. The van der Waals surface area contributed by atoms with Gasteiger partial charge in [-0.2, -0.15) is 0 Å². The molecule has 0 radical (unpaired) electrons. The summed E-state index contributed by atoms with van der Waals surface area (Å²) in [6.07, 6.45) is 3.93. The summed E-state index contributed by atoms with van der Waals surface area (Å²) in [7, 11) is 1.95. The number of aliphatic imine (C=N–C) groups is 1. The third-order valence-corrected chi connectivity index (χ3v) is 5.00. The number of hydrogen-bond donors (Lipinski definition) is 0. The van der Waals surface area contributed by atoms with Gasteiger partial charge in [0.2, 0.25) is 0 Å². The number of para-hydroxylation sites is 1. The maximum atomic E-state index is 13.8. The second-order valence-corrected chi connectivity index (χ2v) is 7.21. The molecule has 3 aromatic carbocycles. The van der Waals surface area contributed by atoms with Crippen LogP contribution in [0.3, 0.4) is 0 Å². The summed E-state index contributed by atoms with van der Waals surface area (Å²) in [4.78, 5) is 6.72. The normalized spacial score (nSPS) is 13.8. The van der Waals surface area contributed by atoms with Gasteiger partial charge in [-0.3, -0.25) is 4.99 Å². The molecule has 4 rings (SSSR count). The molecular formula is C24H20ClFN2O. The van der Waals surface area contributed by atoms with Crippen molar-refractivity contribution >= 4 is 29.1 Å². The number of anilines is 1. The molecule has 0 aromatic heterocycles. The van der Waals surface area contributed by atoms with Gasteiger partial charge in [-0.15, -0.1) is 0 Å². The van der Waals surface area contributed by atoms with E-state index in [1.165, 1.54) is 6.07 Å². The number of ether oxygens (including phenoxy) is 1. The van der Waals surface area contributed by atoms with Gasteiger partial charge in [0.05, 0.1) is 12.3 Å². The molecule has 0 spiro atoms. The average molecular weight is 407 g/mol. The number of halogens is 2. The van der Waals surface area contributed by atoms with Crippen LogP contribution in [0.2, 0.25) is 5.02 Å². The molecule has 0 amide bonds. The van der Waals surface area contributed by atoms with Crippen molar-refractivity contribution < 1.29 is 9.13 Å². The fraction of sp³-hybridized carbons (Fsp3) is 0.125. The van der Waals surface area contributed by atoms with Gasteiger partial charge in [0.25, 0.3) is 0 Å². The van der Waals surface area contributed by atoms with Crippen LogP contribution in [0.15, 0.2) is 77.8 Å². The number of nitrogens with zero attached hydrogens (tertiary/aromatic N) is 2. The molecule has 0 aliphatic carbocycles. The highest BCUT2D eigenvalue weighted by Crippen LogP contribution is 2.28. The van der Waals surface area contributed by atoms with E-state index in [-0.39, 0.29) is 5.82 Å². The molecule has 5 heteroatoms. The van der Waals surface area contributed by atoms with Crippen LogP contribution in [0.25, 0.3) is 6.08 Å². The Balaban J connectivity index is 1.64. The van der Waals surface area contributed by atoms with Crippen molar-refractivity contribution in [3.05, 3.63) is 94.8 Å². The Kier molecular flexibility index (Phi) is 5.63. The molecule has 0 fully saturated rings. The molecule has 1 heterocycles. The average Bonchev–Trinajstić information content (AvgIpc) is 2.88. The zero-order valence-electron chi connectivity index (χ0n) is 16.0. The molecule has 0 unspecified atom stereocenters. The monoisotopic (exact) mass is 406 g/mol. The van der Waals surface area contributed by atoms with E-state index in [0.717, 1.165) is 34.8 Å². The standard InChI is InChI=1S/C24H20ClFN2O/c1-28-15-14-27-22(21-12-9-19(26)16-23(21)28)13-6-17-4-2-3-5-24(17)29-20-10-7-18(25)8-11-20/h2-13,16H,14-15H2,1H3/b13-6+. The van der Waals surface area contributed by atoms with E-state index in [9.17, 15) is 4.39 Å². The van der Waals surface area contributed by atoms with Gasteiger partial charge in [0, 0.05) is 35.4 Å². The van der Waals surface area contributed by atoms with E-state index in [0.29, 0.717) is 17.3 Å². The highest BCUT2D eigenvalue weighted by atomic mass is 35.5. The molecule has 0 saturated carbocycles. The molecule has 1 aliphatic rings. The fourth-order valence-electron chi connectivity index (χ4n) is 3.22. The van der Waals surface area contributed by atoms with Crippen LogP contribution in [-0.2, 0) is 0 Å². The van der Waals surface area contributed by atoms with Gasteiger partial charge < -0.3 is 9.64 Å². The van der Waals surface area contributed by atoms with Gasteiger partial charge in [-0.25, -0.2) is 4.39 Å². The summed E-state index contributed by atoms with van der Waals surface area (Å²) >= 11 is 5.95. The summed E-state index contributed by atoms with van der Waals surface area (Å²) in [6, 6.07) is 19.9. The maximum absolute atomic E-state index is 13.8. The Bertz CT molecular complexity index is 1080. The number of likely N-dealkylation sites (N-methyl/N-ethyl adjacent to an activating group) is 1.